The SMILES string of the molecule is Cc1cccc(C)c1NC(=O)CCN(c1ccc(N(C)C)cc1)S(C)(=O)=O. The van der Waals surface area contributed by atoms with E-state index >= 15 is 0 Å². The Bertz CT molecular complexity index is 886. The number of nitrogens with zero attached hydrogens (tertiary/aromatic N) is 2. The average Bonchev–Trinajstić information content (AvgIpc) is 2.57. The summed E-state index contributed by atoms with van der Waals surface area (Å²) < 4.78 is 25.7. The highest BCUT2D eigenvalue weighted by atomic mass is 32.2. The highest BCUT2D eigenvalue weighted by Gasteiger charge is 2.19. The van der Waals surface area contributed by atoms with E-state index in [9.17, 15) is 13.2 Å². The molecule has 2 aromatic carbocycles. The Labute approximate surface area is 161 Å². The monoisotopic (exact) mass is 389 g/mol. The summed E-state index contributed by atoms with van der Waals surface area (Å²) in [4.78, 5) is 14.3. The number of hydrogen-bond donors (Lipinski definition) is 1. The van der Waals surface area contributed by atoms with Gasteiger partial charge in [0.2, 0.25) is 15.9 Å². The van der Waals surface area contributed by atoms with Crippen molar-refractivity contribution in [1.29, 1.82) is 0 Å². The Hall–Kier alpha value is -2.54. The van der Waals surface area contributed by atoms with Gasteiger partial charge in [0.25, 0.3) is 0 Å². The number of amides is 1. The van der Waals surface area contributed by atoms with E-state index in [-0.39, 0.29) is 18.9 Å². The van der Waals surface area contributed by atoms with Crippen molar-refractivity contribution in [2.45, 2.75) is 20.3 Å². The van der Waals surface area contributed by atoms with Crippen LogP contribution < -0.4 is 14.5 Å². The summed E-state index contributed by atoms with van der Waals surface area (Å²) in [6, 6.07) is 13.0. The maximum Gasteiger partial charge on any atom is 0.232 e. The molecule has 0 aliphatic carbocycles. The van der Waals surface area contributed by atoms with Crippen molar-refractivity contribution in [3.8, 4) is 0 Å². The number of sulfonamides is 1. The average molecular weight is 390 g/mol. The first kappa shape index (κ1) is 20.8. The molecule has 2 rings (SSSR count). The zero-order valence-electron chi connectivity index (χ0n) is 16.5. The molecule has 6 nitrogen and oxygen atoms in total. The lowest BCUT2D eigenvalue weighted by Crippen LogP contribution is -2.33. The molecule has 0 aliphatic rings. The minimum Gasteiger partial charge on any atom is -0.378 e. The van der Waals surface area contributed by atoms with E-state index in [1.165, 1.54) is 4.31 Å². The lowest BCUT2D eigenvalue weighted by Gasteiger charge is -2.23. The molecule has 0 aliphatic heterocycles. The fraction of sp³-hybridized carbons (Fsp3) is 0.350. The minimum absolute atomic E-state index is 0.0658. The summed E-state index contributed by atoms with van der Waals surface area (Å²) in [5.74, 6) is -0.217. The third kappa shape index (κ3) is 5.47. The standard InChI is InChI=1S/C20H27N3O3S/c1-15-7-6-8-16(2)20(15)21-19(24)13-14-23(27(5,25)26)18-11-9-17(10-12-18)22(3)4/h6-12H,13-14H2,1-5H3,(H,21,24). The molecule has 2 aromatic rings. The molecule has 0 heterocycles. The molecule has 1 N–H and O–H groups in total. The first-order chi connectivity index (χ1) is 12.6. The minimum atomic E-state index is -3.50. The zero-order chi connectivity index (χ0) is 20.2. The van der Waals surface area contributed by atoms with E-state index in [0.29, 0.717) is 5.69 Å². The predicted octanol–water partition coefficient (Wildman–Crippen LogP) is 3.16. The maximum atomic E-state index is 12.4. The van der Waals surface area contributed by atoms with Gasteiger partial charge >= 0.3 is 0 Å². The summed E-state index contributed by atoms with van der Waals surface area (Å²) in [6.07, 6.45) is 1.21. The van der Waals surface area contributed by atoms with E-state index in [1.54, 1.807) is 12.1 Å². The molecule has 27 heavy (non-hydrogen) atoms. The van der Waals surface area contributed by atoms with Crippen molar-refractivity contribution < 1.29 is 13.2 Å². The maximum absolute atomic E-state index is 12.4. The number of benzene rings is 2. The number of hydrogen-bond acceptors (Lipinski definition) is 4. The van der Waals surface area contributed by atoms with Crippen LogP contribution in [0.25, 0.3) is 0 Å². The molecule has 0 atom stereocenters. The number of rotatable bonds is 7. The third-order valence-electron chi connectivity index (χ3n) is 4.34. The molecule has 1 amide bonds. The number of carbonyl (C=O) groups is 1. The van der Waals surface area contributed by atoms with E-state index in [4.69, 9.17) is 0 Å². The lowest BCUT2D eigenvalue weighted by molar-refractivity contribution is -0.116. The van der Waals surface area contributed by atoms with Crippen LogP contribution in [0.2, 0.25) is 0 Å². The fourth-order valence-electron chi connectivity index (χ4n) is 2.82. The fourth-order valence-corrected chi connectivity index (χ4v) is 3.75. The van der Waals surface area contributed by atoms with Crippen molar-refractivity contribution in [3.63, 3.8) is 0 Å². The summed E-state index contributed by atoms with van der Waals surface area (Å²) >= 11 is 0. The molecular weight excluding hydrogens is 362 g/mol. The molecule has 0 spiro atoms. The predicted molar refractivity (Wildman–Crippen MR) is 112 cm³/mol. The Morgan fingerprint density at radius 2 is 1.48 bits per heavy atom. The van der Waals surface area contributed by atoms with Gasteiger partial charge in [0.1, 0.15) is 0 Å². The van der Waals surface area contributed by atoms with E-state index in [0.717, 1.165) is 28.8 Å². The van der Waals surface area contributed by atoms with Crippen LogP contribution in [0, 0.1) is 13.8 Å². The molecule has 0 bridgehead atoms. The van der Waals surface area contributed by atoms with Crippen LogP contribution in [-0.2, 0) is 14.8 Å². The number of aryl methyl sites for hydroxylation is 2. The summed E-state index contributed by atoms with van der Waals surface area (Å²) in [6.45, 7) is 3.94. The number of carbonyl (C=O) groups excluding carboxylic acids is 1. The lowest BCUT2D eigenvalue weighted by atomic mass is 10.1. The molecule has 0 fully saturated rings. The largest absolute Gasteiger partial charge is 0.378 e. The summed E-state index contributed by atoms with van der Waals surface area (Å²) in [5.41, 5.74) is 4.25. The van der Waals surface area contributed by atoms with Gasteiger partial charge in [-0.2, -0.15) is 0 Å². The number of nitrogens with one attached hydrogen (secondary N) is 1. The second-order valence-corrected chi connectivity index (χ2v) is 8.72. The quantitative estimate of drug-likeness (QED) is 0.790. The molecule has 0 saturated carbocycles. The number of anilines is 3. The van der Waals surface area contributed by atoms with Gasteiger partial charge in [-0.3, -0.25) is 9.10 Å². The van der Waals surface area contributed by atoms with Gasteiger partial charge < -0.3 is 10.2 Å². The van der Waals surface area contributed by atoms with Gasteiger partial charge in [0.15, 0.2) is 0 Å². The Kier molecular flexibility index (Phi) is 6.49. The summed E-state index contributed by atoms with van der Waals surface area (Å²) in [7, 11) is 0.340. The van der Waals surface area contributed by atoms with E-state index in [1.807, 2.05) is 63.2 Å². The van der Waals surface area contributed by atoms with Crippen molar-refractivity contribution in [3.05, 3.63) is 53.6 Å². The van der Waals surface area contributed by atoms with Gasteiger partial charge in [0, 0.05) is 38.4 Å². The highest BCUT2D eigenvalue weighted by Crippen LogP contribution is 2.23. The van der Waals surface area contributed by atoms with Crippen LogP contribution in [0.3, 0.4) is 0 Å². The van der Waals surface area contributed by atoms with Crippen LogP contribution in [0.4, 0.5) is 17.1 Å². The van der Waals surface area contributed by atoms with E-state index < -0.39 is 10.0 Å². The van der Waals surface area contributed by atoms with Gasteiger partial charge in [-0.15, -0.1) is 0 Å². The Morgan fingerprint density at radius 3 is 1.96 bits per heavy atom. The first-order valence-electron chi connectivity index (χ1n) is 8.71. The van der Waals surface area contributed by atoms with E-state index in [2.05, 4.69) is 5.32 Å². The molecule has 0 unspecified atom stereocenters. The van der Waals surface area contributed by atoms with Crippen LogP contribution in [-0.4, -0.2) is 41.2 Å². The molecule has 0 saturated heterocycles. The molecule has 0 radical (unpaired) electrons. The van der Waals surface area contributed by atoms with Crippen LogP contribution in [0.1, 0.15) is 17.5 Å². The Morgan fingerprint density at radius 1 is 0.963 bits per heavy atom. The first-order valence-corrected chi connectivity index (χ1v) is 10.6. The Balaban J connectivity index is 2.12. The number of para-hydroxylation sites is 1. The van der Waals surface area contributed by atoms with Crippen molar-refractivity contribution in [2.75, 3.05) is 41.4 Å². The molecular formula is C20H27N3O3S. The molecule has 146 valence electrons. The normalized spacial score (nSPS) is 11.1. The van der Waals surface area contributed by atoms with Crippen LogP contribution in [0.5, 0.6) is 0 Å². The topological polar surface area (TPSA) is 69.7 Å². The van der Waals surface area contributed by atoms with Crippen molar-refractivity contribution in [2.24, 2.45) is 0 Å². The van der Waals surface area contributed by atoms with Gasteiger partial charge in [-0.25, -0.2) is 8.42 Å². The molecule has 7 heteroatoms. The second-order valence-electron chi connectivity index (χ2n) is 6.81. The molecule has 0 aromatic heterocycles. The van der Waals surface area contributed by atoms with Gasteiger partial charge in [0.05, 0.1) is 11.9 Å². The van der Waals surface area contributed by atoms with Crippen LogP contribution in [0.15, 0.2) is 42.5 Å². The third-order valence-corrected chi connectivity index (χ3v) is 5.54. The van der Waals surface area contributed by atoms with Crippen molar-refractivity contribution >= 4 is 33.0 Å². The summed E-state index contributed by atoms with van der Waals surface area (Å²) in [5, 5.41) is 2.89. The van der Waals surface area contributed by atoms with Gasteiger partial charge in [-0.05, 0) is 49.2 Å². The van der Waals surface area contributed by atoms with Crippen LogP contribution >= 0.6 is 0 Å². The smallest absolute Gasteiger partial charge is 0.232 e. The van der Waals surface area contributed by atoms with Gasteiger partial charge in [-0.1, -0.05) is 18.2 Å². The van der Waals surface area contributed by atoms with Crippen molar-refractivity contribution in [1.82, 2.24) is 0 Å². The highest BCUT2D eigenvalue weighted by molar-refractivity contribution is 7.92. The zero-order valence-corrected chi connectivity index (χ0v) is 17.3. The second kappa shape index (κ2) is 8.43.